The molecule has 13 rings (SSSR count). The Hall–Kier alpha value is -6.84. The Labute approximate surface area is 356 Å². The Kier molecular flexibility index (Phi) is 6.83. The van der Waals surface area contributed by atoms with E-state index in [9.17, 15) is 0 Å². The molecule has 0 N–H and O–H groups in total. The van der Waals surface area contributed by atoms with Crippen LogP contribution in [-0.2, 0) is 10.8 Å². The van der Waals surface area contributed by atoms with Gasteiger partial charge < -0.3 is 9.13 Å². The van der Waals surface area contributed by atoms with Crippen LogP contribution in [0.15, 0.2) is 164 Å². The summed E-state index contributed by atoms with van der Waals surface area (Å²) in [5, 5.41) is 10.6. The molecule has 0 fully saturated rings. The SMILES string of the molecule is CC(C)(C)c1ccc(-n2c3ccccc3c3cc4c5c(cccc5c32)-c2cccc3c2B4c2cc4c5ccccc5n(-c5ccc(C(C)(C)C)cc5)c4c4cccc-3c24)cc1. The zero-order chi connectivity index (χ0) is 41.1. The minimum Gasteiger partial charge on any atom is -0.309 e. The average Bonchev–Trinajstić information content (AvgIpc) is 3.79. The van der Waals surface area contributed by atoms with Crippen molar-refractivity contribution in [2.75, 3.05) is 0 Å². The van der Waals surface area contributed by atoms with Gasteiger partial charge >= 0.3 is 0 Å². The highest BCUT2D eigenvalue weighted by Gasteiger charge is 2.40. The maximum atomic E-state index is 2.58. The minimum atomic E-state index is 0.0659. The van der Waals surface area contributed by atoms with Crippen molar-refractivity contribution in [2.24, 2.45) is 0 Å². The fraction of sp³-hybridized carbons (Fsp3) is 0.138. The average molecular weight is 781 g/mol. The third-order valence-electron chi connectivity index (χ3n) is 14.2. The molecule has 0 atom stereocenters. The summed E-state index contributed by atoms with van der Waals surface area (Å²) in [6.45, 7) is 13.8. The van der Waals surface area contributed by atoms with Gasteiger partial charge in [-0.3, -0.25) is 0 Å². The number of aromatic nitrogens is 2. The van der Waals surface area contributed by atoms with Gasteiger partial charge in [0.15, 0.2) is 0 Å². The van der Waals surface area contributed by atoms with E-state index in [2.05, 4.69) is 214 Å². The summed E-state index contributed by atoms with van der Waals surface area (Å²) in [6.07, 6.45) is 0. The standard InChI is InChI=1S/C58H45BN2/c1-57(2,3)34-24-28-36(29-25-34)60-50-22-9-7-14-38(50)46-32-48-52-40(16-11-20-44(52)55(46)60)42-18-13-19-43-41-17-12-21-45-53(41)49(59(48)54(42)43)33-47-39-15-8-10-23-51(39)61(56(45)47)37-30-26-35(27-31-37)58(4,5)6/h7-33H,1-6H3. The van der Waals surface area contributed by atoms with Gasteiger partial charge in [-0.1, -0.05) is 185 Å². The van der Waals surface area contributed by atoms with E-state index in [1.54, 1.807) is 0 Å². The molecule has 61 heavy (non-hydrogen) atoms. The Morgan fingerprint density at radius 3 is 1.16 bits per heavy atom. The van der Waals surface area contributed by atoms with Crippen molar-refractivity contribution in [3.05, 3.63) is 175 Å². The van der Waals surface area contributed by atoms with E-state index >= 15 is 0 Å². The van der Waals surface area contributed by atoms with E-state index < -0.39 is 0 Å². The quantitative estimate of drug-likeness (QED) is 0.155. The highest BCUT2D eigenvalue weighted by atomic mass is 15.0. The maximum Gasteiger partial charge on any atom is 0.244 e. The lowest BCUT2D eigenvalue weighted by Crippen LogP contribution is -2.57. The van der Waals surface area contributed by atoms with E-state index in [-0.39, 0.29) is 17.5 Å². The fourth-order valence-electron chi connectivity index (χ4n) is 11.4. The van der Waals surface area contributed by atoms with Crippen LogP contribution in [-0.4, -0.2) is 15.8 Å². The van der Waals surface area contributed by atoms with Crippen molar-refractivity contribution in [1.82, 2.24) is 9.13 Å². The van der Waals surface area contributed by atoms with Crippen LogP contribution in [0, 0.1) is 0 Å². The van der Waals surface area contributed by atoms with Gasteiger partial charge in [0.1, 0.15) is 0 Å². The summed E-state index contributed by atoms with van der Waals surface area (Å²) < 4.78 is 5.05. The lowest BCUT2D eigenvalue weighted by Gasteiger charge is -2.34. The van der Waals surface area contributed by atoms with E-state index in [0.29, 0.717) is 0 Å². The van der Waals surface area contributed by atoms with Crippen LogP contribution in [0.5, 0.6) is 0 Å². The number of fused-ring (bicyclic) bond motifs is 12. The third-order valence-corrected chi connectivity index (χ3v) is 14.2. The van der Waals surface area contributed by atoms with Crippen LogP contribution < -0.4 is 16.4 Å². The predicted octanol–water partition coefficient (Wildman–Crippen LogP) is 13.3. The Bertz CT molecular complexity index is 3450. The first-order chi connectivity index (χ1) is 29.6. The first kappa shape index (κ1) is 35.0. The lowest BCUT2D eigenvalue weighted by molar-refractivity contribution is 0.590. The van der Waals surface area contributed by atoms with E-state index in [1.807, 2.05) is 0 Å². The van der Waals surface area contributed by atoms with Crippen LogP contribution in [0.1, 0.15) is 52.7 Å². The van der Waals surface area contributed by atoms with Gasteiger partial charge in [-0.2, -0.15) is 0 Å². The molecule has 3 heteroatoms. The Morgan fingerprint density at radius 1 is 0.361 bits per heavy atom. The van der Waals surface area contributed by atoms with Gasteiger partial charge in [0.05, 0.1) is 22.1 Å². The fourth-order valence-corrected chi connectivity index (χ4v) is 11.4. The Balaban J connectivity index is 1.15. The molecule has 0 radical (unpaired) electrons. The molecule has 2 aliphatic rings. The first-order valence-corrected chi connectivity index (χ1v) is 21.9. The van der Waals surface area contributed by atoms with Crippen molar-refractivity contribution >= 4 is 88.3 Å². The highest BCUT2D eigenvalue weighted by molar-refractivity contribution is 7.01. The second-order valence-electron chi connectivity index (χ2n) is 19.7. The van der Waals surface area contributed by atoms with Crippen LogP contribution in [0.4, 0.5) is 0 Å². The molecule has 2 aromatic heterocycles. The highest BCUT2D eigenvalue weighted by Crippen LogP contribution is 2.45. The molecule has 0 amide bonds. The van der Waals surface area contributed by atoms with E-state index in [1.165, 1.54) is 126 Å². The number of rotatable bonds is 2. The summed E-state index contributed by atoms with van der Waals surface area (Å²) in [5.41, 5.74) is 19.9. The zero-order valence-corrected chi connectivity index (χ0v) is 35.6. The van der Waals surface area contributed by atoms with Gasteiger partial charge in [0.2, 0.25) is 6.71 Å². The molecule has 0 saturated carbocycles. The summed E-state index contributed by atoms with van der Waals surface area (Å²) in [6, 6.07) is 62.9. The molecule has 0 saturated heterocycles. The monoisotopic (exact) mass is 780 g/mol. The number of para-hydroxylation sites is 2. The van der Waals surface area contributed by atoms with Gasteiger partial charge in [-0.25, -0.2) is 0 Å². The van der Waals surface area contributed by atoms with Crippen LogP contribution in [0.3, 0.4) is 0 Å². The van der Waals surface area contributed by atoms with Gasteiger partial charge in [0, 0.05) is 43.7 Å². The number of hydrogen-bond acceptors (Lipinski definition) is 0. The number of benzene rings is 9. The van der Waals surface area contributed by atoms with Crippen LogP contribution in [0.25, 0.3) is 98.8 Å². The third kappa shape index (κ3) is 4.64. The van der Waals surface area contributed by atoms with Crippen LogP contribution >= 0.6 is 0 Å². The number of hydrogen-bond donors (Lipinski definition) is 0. The van der Waals surface area contributed by atoms with Crippen molar-refractivity contribution in [1.29, 1.82) is 0 Å². The molecular formula is C58H45BN2. The van der Waals surface area contributed by atoms with E-state index in [4.69, 9.17) is 0 Å². The molecule has 9 aromatic carbocycles. The molecule has 0 aliphatic carbocycles. The number of nitrogens with zero attached hydrogens (tertiary/aromatic N) is 2. The van der Waals surface area contributed by atoms with Crippen molar-refractivity contribution in [3.63, 3.8) is 0 Å². The second kappa shape index (κ2) is 11.9. The molecule has 0 unspecified atom stereocenters. The zero-order valence-electron chi connectivity index (χ0n) is 35.6. The lowest BCUT2D eigenvalue weighted by atomic mass is 9.31. The predicted molar refractivity (Wildman–Crippen MR) is 263 cm³/mol. The maximum absolute atomic E-state index is 2.58. The summed E-state index contributed by atoms with van der Waals surface area (Å²) in [7, 11) is 0. The smallest absolute Gasteiger partial charge is 0.244 e. The second-order valence-corrected chi connectivity index (χ2v) is 19.7. The molecule has 0 bridgehead atoms. The van der Waals surface area contributed by atoms with Gasteiger partial charge in [0.25, 0.3) is 0 Å². The molecule has 2 aliphatic heterocycles. The van der Waals surface area contributed by atoms with Crippen molar-refractivity contribution in [2.45, 2.75) is 52.4 Å². The van der Waals surface area contributed by atoms with E-state index in [0.717, 1.165) is 0 Å². The Morgan fingerprint density at radius 2 is 0.738 bits per heavy atom. The molecule has 290 valence electrons. The molecule has 4 heterocycles. The molecule has 0 spiro atoms. The van der Waals surface area contributed by atoms with Crippen LogP contribution in [0.2, 0.25) is 0 Å². The van der Waals surface area contributed by atoms with Gasteiger partial charge in [-0.05, 0) is 91.4 Å². The van der Waals surface area contributed by atoms with Gasteiger partial charge in [-0.15, -0.1) is 0 Å². The normalized spacial score (nSPS) is 13.4. The molecule has 11 aromatic rings. The molecular weight excluding hydrogens is 735 g/mol. The minimum absolute atomic E-state index is 0.0659. The van der Waals surface area contributed by atoms with Crippen molar-refractivity contribution in [3.8, 4) is 33.6 Å². The summed E-state index contributed by atoms with van der Waals surface area (Å²) in [4.78, 5) is 0. The first-order valence-electron chi connectivity index (χ1n) is 21.9. The summed E-state index contributed by atoms with van der Waals surface area (Å²) in [5.74, 6) is 0. The van der Waals surface area contributed by atoms with Crippen molar-refractivity contribution < 1.29 is 0 Å². The summed E-state index contributed by atoms with van der Waals surface area (Å²) >= 11 is 0. The molecule has 2 nitrogen and oxygen atoms in total. The largest absolute Gasteiger partial charge is 0.309 e. The topological polar surface area (TPSA) is 9.86 Å².